The molecule has 1 fully saturated rings. The number of benzene rings is 1. The van der Waals surface area contributed by atoms with Crippen LogP contribution in [0.1, 0.15) is 30.5 Å². The Labute approximate surface area is 108 Å². The predicted octanol–water partition coefficient (Wildman–Crippen LogP) is 2.09. The Bertz CT molecular complexity index is 403. The maximum absolute atomic E-state index is 11.3. The molecule has 1 aliphatic rings. The van der Waals surface area contributed by atoms with Crippen LogP contribution in [0.15, 0.2) is 24.3 Å². The Hall–Kier alpha value is -1.55. The molecule has 0 aromatic heterocycles. The largest absolute Gasteiger partial charge is 0.448 e. The Morgan fingerprint density at radius 3 is 2.67 bits per heavy atom. The molecule has 1 aromatic rings. The average molecular weight is 248 g/mol. The molecule has 1 unspecified atom stereocenters. The first-order chi connectivity index (χ1) is 8.70. The van der Waals surface area contributed by atoms with E-state index in [1.807, 2.05) is 0 Å². The zero-order chi connectivity index (χ0) is 13.0. The summed E-state index contributed by atoms with van der Waals surface area (Å²) in [7, 11) is 0. The van der Waals surface area contributed by atoms with Crippen molar-refractivity contribution in [1.82, 2.24) is 4.90 Å². The molecule has 0 saturated carbocycles. The molecule has 18 heavy (non-hydrogen) atoms. The first-order valence-electron chi connectivity index (χ1n) is 6.47. The van der Waals surface area contributed by atoms with Gasteiger partial charge in [-0.15, -0.1) is 0 Å². The second-order valence-electron chi connectivity index (χ2n) is 4.66. The van der Waals surface area contributed by atoms with Gasteiger partial charge in [0.2, 0.25) is 0 Å². The molecule has 2 N–H and O–H groups in total. The number of rotatable bonds is 5. The highest BCUT2D eigenvalue weighted by atomic mass is 16.6. The predicted molar refractivity (Wildman–Crippen MR) is 70.3 cm³/mol. The standard InChI is InChI=1S/C14H20N2O2/c1-2-3-11-4-6-12(7-5-11)13(15)10-16-8-9-18-14(16)17/h4-7,13H,2-3,8-10,15H2,1H3. The van der Waals surface area contributed by atoms with Crippen LogP contribution in [0.3, 0.4) is 0 Å². The number of carbonyl (C=O) groups is 1. The van der Waals surface area contributed by atoms with Gasteiger partial charge in [-0.05, 0) is 17.5 Å². The number of hydrogen-bond donors (Lipinski definition) is 1. The number of aryl methyl sites for hydroxylation is 1. The number of amides is 1. The molecule has 0 aliphatic carbocycles. The van der Waals surface area contributed by atoms with E-state index in [4.69, 9.17) is 10.5 Å². The molecule has 98 valence electrons. The van der Waals surface area contributed by atoms with E-state index in [2.05, 4.69) is 31.2 Å². The van der Waals surface area contributed by atoms with E-state index < -0.39 is 0 Å². The fraction of sp³-hybridized carbons (Fsp3) is 0.500. The van der Waals surface area contributed by atoms with E-state index in [9.17, 15) is 4.79 Å². The molecule has 4 nitrogen and oxygen atoms in total. The Morgan fingerprint density at radius 2 is 2.11 bits per heavy atom. The van der Waals surface area contributed by atoms with Crippen LogP contribution in [-0.4, -0.2) is 30.7 Å². The van der Waals surface area contributed by atoms with Gasteiger partial charge in [0.05, 0.1) is 6.54 Å². The zero-order valence-electron chi connectivity index (χ0n) is 10.8. The number of nitrogens with two attached hydrogens (primary N) is 1. The highest BCUT2D eigenvalue weighted by Crippen LogP contribution is 2.16. The lowest BCUT2D eigenvalue weighted by atomic mass is 10.0. The smallest absolute Gasteiger partial charge is 0.410 e. The molecule has 1 aliphatic heterocycles. The Balaban J connectivity index is 1.95. The van der Waals surface area contributed by atoms with Crippen LogP contribution in [0.25, 0.3) is 0 Å². The van der Waals surface area contributed by atoms with Gasteiger partial charge < -0.3 is 15.4 Å². The molecule has 1 atom stereocenters. The summed E-state index contributed by atoms with van der Waals surface area (Å²) in [6, 6.07) is 8.18. The van der Waals surface area contributed by atoms with Crippen molar-refractivity contribution < 1.29 is 9.53 Å². The minimum Gasteiger partial charge on any atom is -0.448 e. The first kappa shape index (κ1) is 12.9. The van der Waals surface area contributed by atoms with Gasteiger partial charge in [-0.3, -0.25) is 0 Å². The summed E-state index contributed by atoms with van der Waals surface area (Å²) < 4.78 is 4.88. The SMILES string of the molecule is CCCc1ccc(C(N)CN2CCOC2=O)cc1. The number of hydrogen-bond acceptors (Lipinski definition) is 3. The molecular weight excluding hydrogens is 228 g/mol. The van der Waals surface area contributed by atoms with E-state index in [0.717, 1.165) is 18.4 Å². The monoisotopic (exact) mass is 248 g/mol. The van der Waals surface area contributed by atoms with Crippen molar-refractivity contribution in [3.8, 4) is 0 Å². The first-order valence-corrected chi connectivity index (χ1v) is 6.47. The van der Waals surface area contributed by atoms with Crippen molar-refractivity contribution in [3.63, 3.8) is 0 Å². The molecule has 1 amide bonds. The lowest BCUT2D eigenvalue weighted by Gasteiger charge is -2.19. The van der Waals surface area contributed by atoms with E-state index in [1.54, 1.807) is 4.90 Å². The van der Waals surface area contributed by atoms with Gasteiger partial charge in [-0.1, -0.05) is 37.6 Å². The third kappa shape index (κ3) is 3.01. The van der Waals surface area contributed by atoms with Crippen molar-refractivity contribution in [2.75, 3.05) is 19.7 Å². The molecule has 4 heteroatoms. The summed E-state index contributed by atoms with van der Waals surface area (Å²) in [4.78, 5) is 13.0. The number of ether oxygens (including phenoxy) is 1. The van der Waals surface area contributed by atoms with Crippen LogP contribution < -0.4 is 5.73 Å². The van der Waals surface area contributed by atoms with Gasteiger partial charge in [0, 0.05) is 12.6 Å². The maximum Gasteiger partial charge on any atom is 0.410 e. The third-order valence-corrected chi connectivity index (χ3v) is 3.21. The summed E-state index contributed by atoms with van der Waals surface area (Å²) in [6.07, 6.45) is 1.98. The third-order valence-electron chi connectivity index (χ3n) is 3.21. The lowest BCUT2D eigenvalue weighted by molar-refractivity contribution is 0.157. The quantitative estimate of drug-likeness (QED) is 0.868. The number of cyclic esters (lactones) is 1. The van der Waals surface area contributed by atoms with Crippen molar-refractivity contribution in [1.29, 1.82) is 0 Å². The van der Waals surface area contributed by atoms with Crippen molar-refractivity contribution in [2.45, 2.75) is 25.8 Å². The molecule has 2 rings (SSSR count). The van der Waals surface area contributed by atoms with Crippen molar-refractivity contribution >= 4 is 6.09 Å². The Kier molecular flexibility index (Phi) is 4.20. The van der Waals surface area contributed by atoms with Gasteiger partial charge in [0.25, 0.3) is 0 Å². The molecule has 1 heterocycles. The van der Waals surface area contributed by atoms with Crippen LogP contribution in [-0.2, 0) is 11.2 Å². The zero-order valence-corrected chi connectivity index (χ0v) is 10.8. The van der Waals surface area contributed by atoms with Crippen LogP contribution in [0, 0.1) is 0 Å². The van der Waals surface area contributed by atoms with Crippen LogP contribution in [0.2, 0.25) is 0 Å². The van der Waals surface area contributed by atoms with Crippen LogP contribution >= 0.6 is 0 Å². The molecule has 0 spiro atoms. The van der Waals surface area contributed by atoms with E-state index >= 15 is 0 Å². The maximum atomic E-state index is 11.3. The van der Waals surface area contributed by atoms with Crippen LogP contribution in [0.4, 0.5) is 4.79 Å². The molecule has 1 aromatic carbocycles. The Morgan fingerprint density at radius 1 is 1.39 bits per heavy atom. The lowest BCUT2D eigenvalue weighted by Crippen LogP contribution is -2.32. The molecule has 1 saturated heterocycles. The van der Waals surface area contributed by atoms with E-state index in [1.165, 1.54) is 5.56 Å². The molecule has 0 bridgehead atoms. The summed E-state index contributed by atoms with van der Waals surface area (Å²) in [5.41, 5.74) is 8.50. The average Bonchev–Trinajstić information content (AvgIpc) is 2.76. The minimum absolute atomic E-state index is 0.147. The van der Waals surface area contributed by atoms with Gasteiger partial charge >= 0.3 is 6.09 Å². The normalized spacial score (nSPS) is 16.8. The highest BCUT2D eigenvalue weighted by molar-refractivity contribution is 5.69. The molecule has 0 radical (unpaired) electrons. The summed E-state index contributed by atoms with van der Waals surface area (Å²) in [5, 5.41) is 0. The topological polar surface area (TPSA) is 55.6 Å². The van der Waals surface area contributed by atoms with Gasteiger partial charge in [0.1, 0.15) is 6.61 Å². The number of carbonyl (C=O) groups excluding carboxylic acids is 1. The highest BCUT2D eigenvalue weighted by Gasteiger charge is 2.24. The minimum atomic E-state index is -0.256. The van der Waals surface area contributed by atoms with Crippen molar-refractivity contribution in [2.24, 2.45) is 5.73 Å². The summed E-state index contributed by atoms with van der Waals surface area (Å²) in [6.45, 7) is 3.80. The second-order valence-corrected chi connectivity index (χ2v) is 4.66. The van der Waals surface area contributed by atoms with Gasteiger partial charge in [-0.25, -0.2) is 4.79 Å². The van der Waals surface area contributed by atoms with Gasteiger partial charge in [-0.2, -0.15) is 0 Å². The second kappa shape index (κ2) is 5.87. The van der Waals surface area contributed by atoms with Crippen molar-refractivity contribution in [3.05, 3.63) is 35.4 Å². The van der Waals surface area contributed by atoms with Gasteiger partial charge in [0.15, 0.2) is 0 Å². The van der Waals surface area contributed by atoms with E-state index in [-0.39, 0.29) is 12.1 Å². The molecular formula is C14H20N2O2. The summed E-state index contributed by atoms with van der Waals surface area (Å²) in [5.74, 6) is 0. The summed E-state index contributed by atoms with van der Waals surface area (Å²) >= 11 is 0. The number of nitrogens with zero attached hydrogens (tertiary/aromatic N) is 1. The van der Waals surface area contributed by atoms with Crippen LogP contribution in [0.5, 0.6) is 0 Å². The fourth-order valence-electron chi connectivity index (χ4n) is 2.15. The fourth-order valence-corrected chi connectivity index (χ4v) is 2.15. The van der Waals surface area contributed by atoms with E-state index in [0.29, 0.717) is 19.7 Å².